The lowest BCUT2D eigenvalue weighted by molar-refractivity contribution is 0.669. The Labute approximate surface area is 284 Å². The smallest absolute Gasteiger partial charge is 0.136 e. The molecule has 0 fully saturated rings. The van der Waals surface area contributed by atoms with E-state index in [1.807, 2.05) is 36.4 Å². The van der Waals surface area contributed by atoms with Gasteiger partial charge in [-0.25, -0.2) is 0 Å². The van der Waals surface area contributed by atoms with Crippen molar-refractivity contribution in [2.75, 3.05) is 0 Å². The zero-order chi connectivity index (χ0) is 32.6. The topological polar surface area (TPSA) is 51.8 Å². The fraction of sp³-hybridized carbons (Fsp3) is 0. The SMILES string of the molecule is c1ccc(-c2cccc(-c3nnnc(-c4ccccc4)c3-c3ccccc3)c2-c2c(-c3ccccc3)ccc3oc4ccccc4c23)cc1. The van der Waals surface area contributed by atoms with E-state index in [1.54, 1.807) is 0 Å². The summed E-state index contributed by atoms with van der Waals surface area (Å²) in [7, 11) is 0. The molecule has 4 nitrogen and oxygen atoms in total. The van der Waals surface area contributed by atoms with Crippen molar-refractivity contribution in [1.82, 2.24) is 15.4 Å². The van der Waals surface area contributed by atoms with Crippen molar-refractivity contribution in [2.45, 2.75) is 0 Å². The summed E-state index contributed by atoms with van der Waals surface area (Å²) in [5, 5.41) is 16.1. The molecule has 2 heterocycles. The van der Waals surface area contributed by atoms with Crippen LogP contribution in [0.5, 0.6) is 0 Å². The van der Waals surface area contributed by atoms with Gasteiger partial charge in [-0.3, -0.25) is 0 Å². The number of nitrogens with zero attached hydrogens (tertiary/aromatic N) is 3. The molecule has 9 aromatic rings. The van der Waals surface area contributed by atoms with Crippen LogP contribution in [0.2, 0.25) is 0 Å². The highest BCUT2D eigenvalue weighted by molar-refractivity contribution is 6.19. The third kappa shape index (κ3) is 4.98. The number of para-hydroxylation sites is 1. The summed E-state index contributed by atoms with van der Waals surface area (Å²) < 4.78 is 6.53. The molecule has 0 saturated heterocycles. The second kappa shape index (κ2) is 12.2. The molecule has 49 heavy (non-hydrogen) atoms. The van der Waals surface area contributed by atoms with E-state index in [2.05, 4.69) is 150 Å². The summed E-state index contributed by atoms with van der Waals surface area (Å²) in [5.74, 6) is 0. The van der Waals surface area contributed by atoms with Crippen molar-refractivity contribution in [3.63, 3.8) is 0 Å². The molecule has 0 aliphatic rings. The average Bonchev–Trinajstić information content (AvgIpc) is 3.57. The molecule has 0 aliphatic heterocycles. The van der Waals surface area contributed by atoms with Crippen LogP contribution in [0.1, 0.15) is 0 Å². The second-order valence-electron chi connectivity index (χ2n) is 12.0. The Bertz CT molecular complexity index is 2580. The summed E-state index contributed by atoms with van der Waals surface area (Å²) in [6.45, 7) is 0. The van der Waals surface area contributed by atoms with Gasteiger partial charge < -0.3 is 4.42 Å². The van der Waals surface area contributed by atoms with Crippen LogP contribution in [0.15, 0.2) is 180 Å². The minimum absolute atomic E-state index is 0.761. The zero-order valence-electron chi connectivity index (χ0n) is 26.5. The van der Waals surface area contributed by atoms with E-state index >= 15 is 0 Å². The predicted octanol–water partition coefficient (Wildman–Crippen LogP) is 11.8. The fourth-order valence-electron chi connectivity index (χ4n) is 7.00. The minimum atomic E-state index is 0.761. The number of hydrogen-bond acceptors (Lipinski definition) is 4. The second-order valence-corrected chi connectivity index (χ2v) is 12.0. The Morgan fingerprint density at radius 1 is 0.327 bits per heavy atom. The first kappa shape index (κ1) is 28.6. The monoisotopic (exact) mass is 627 g/mol. The third-order valence-electron chi connectivity index (χ3n) is 9.16. The van der Waals surface area contributed by atoms with Crippen LogP contribution in [0.3, 0.4) is 0 Å². The van der Waals surface area contributed by atoms with E-state index < -0.39 is 0 Å². The van der Waals surface area contributed by atoms with E-state index in [0.29, 0.717) is 0 Å². The van der Waals surface area contributed by atoms with Gasteiger partial charge in [0.25, 0.3) is 0 Å². The van der Waals surface area contributed by atoms with E-state index in [0.717, 1.165) is 89.0 Å². The van der Waals surface area contributed by atoms with Crippen LogP contribution in [0.25, 0.3) is 89.0 Å². The van der Waals surface area contributed by atoms with Gasteiger partial charge in [-0.05, 0) is 45.2 Å². The molecule has 9 rings (SSSR count). The molecule has 0 atom stereocenters. The fourth-order valence-corrected chi connectivity index (χ4v) is 7.00. The molecule has 0 N–H and O–H groups in total. The van der Waals surface area contributed by atoms with Crippen LogP contribution in [0, 0.1) is 0 Å². The van der Waals surface area contributed by atoms with Gasteiger partial charge >= 0.3 is 0 Å². The van der Waals surface area contributed by atoms with Crippen LogP contribution in [0.4, 0.5) is 0 Å². The predicted molar refractivity (Wildman–Crippen MR) is 200 cm³/mol. The van der Waals surface area contributed by atoms with Crippen LogP contribution in [-0.4, -0.2) is 15.4 Å². The molecular formula is C45H29N3O. The van der Waals surface area contributed by atoms with Crippen LogP contribution >= 0.6 is 0 Å². The van der Waals surface area contributed by atoms with Gasteiger partial charge in [0, 0.05) is 38.6 Å². The molecule has 7 aromatic carbocycles. The van der Waals surface area contributed by atoms with E-state index in [4.69, 9.17) is 9.52 Å². The quantitative estimate of drug-likeness (QED) is 0.184. The molecule has 0 radical (unpaired) electrons. The Morgan fingerprint density at radius 2 is 0.857 bits per heavy atom. The van der Waals surface area contributed by atoms with Gasteiger partial charge in [0.15, 0.2) is 0 Å². The summed E-state index contributed by atoms with van der Waals surface area (Å²) in [4.78, 5) is 0. The molecule has 0 amide bonds. The maximum atomic E-state index is 6.53. The lowest BCUT2D eigenvalue weighted by Gasteiger charge is -2.21. The number of aromatic nitrogens is 3. The molecule has 0 saturated carbocycles. The molecular weight excluding hydrogens is 599 g/mol. The average molecular weight is 628 g/mol. The van der Waals surface area contributed by atoms with Gasteiger partial charge in [-0.2, -0.15) is 0 Å². The summed E-state index contributed by atoms with van der Waals surface area (Å²) in [5.41, 5.74) is 13.7. The van der Waals surface area contributed by atoms with Gasteiger partial charge in [-0.1, -0.05) is 164 Å². The van der Waals surface area contributed by atoms with Gasteiger partial charge in [0.1, 0.15) is 22.6 Å². The van der Waals surface area contributed by atoms with Crippen molar-refractivity contribution < 1.29 is 4.42 Å². The molecule has 0 spiro atoms. The molecule has 0 unspecified atom stereocenters. The molecule has 2 aromatic heterocycles. The van der Waals surface area contributed by atoms with Crippen LogP contribution < -0.4 is 0 Å². The van der Waals surface area contributed by atoms with E-state index in [1.165, 1.54) is 0 Å². The minimum Gasteiger partial charge on any atom is -0.456 e. The maximum Gasteiger partial charge on any atom is 0.136 e. The number of hydrogen-bond donors (Lipinski definition) is 0. The third-order valence-corrected chi connectivity index (χ3v) is 9.16. The molecule has 4 heteroatoms. The maximum absolute atomic E-state index is 6.53. The summed E-state index contributed by atoms with van der Waals surface area (Å²) in [6.07, 6.45) is 0. The van der Waals surface area contributed by atoms with Gasteiger partial charge in [0.05, 0.1) is 0 Å². The number of fused-ring (bicyclic) bond motifs is 3. The lowest BCUT2D eigenvalue weighted by atomic mass is 9.82. The van der Waals surface area contributed by atoms with Crippen molar-refractivity contribution in [3.05, 3.63) is 176 Å². The highest BCUT2D eigenvalue weighted by atomic mass is 16.3. The van der Waals surface area contributed by atoms with Crippen molar-refractivity contribution in [1.29, 1.82) is 0 Å². The first-order valence-electron chi connectivity index (χ1n) is 16.4. The molecule has 0 aliphatic carbocycles. The number of furan rings is 1. The normalized spacial score (nSPS) is 11.3. The highest BCUT2D eigenvalue weighted by Crippen LogP contribution is 2.50. The Balaban J connectivity index is 1.47. The first-order chi connectivity index (χ1) is 24.3. The van der Waals surface area contributed by atoms with Crippen molar-refractivity contribution in [2.24, 2.45) is 0 Å². The highest BCUT2D eigenvalue weighted by Gasteiger charge is 2.26. The van der Waals surface area contributed by atoms with E-state index in [9.17, 15) is 0 Å². The standard InChI is InChI=1S/C45H29N3O/c1-5-16-30(17-6-1)34-25-15-26-37(45-40(32-20-9-3-10-21-32)44(46-48-47-45)33-22-11-4-12-23-33)41(34)43-35(31-18-7-2-8-19-31)28-29-39-42(43)36-24-13-14-27-38(36)49-39/h1-29H. The van der Waals surface area contributed by atoms with Gasteiger partial charge in [-0.15, -0.1) is 10.2 Å². The first-order valence-corrected chi connectivity index (χ1v) is 16.4. The Hall–Kier alpha value is -6.65. The number of rotatable bonds is 6. The summed E-state index contributed by atoms with van der Waals surface area (Å²) >= 11 is 0. The van der Waals surface area contributed by atoms with Crippen LogP contribution in [-0.2, 0) is 0 Å². The van der Waals surface area contributed by atoms with Crippen molar-refractivity contribution >= 4 is 21.9 Å². The van der Waals surface area contributed by atoms with Gasteiger partial charge in [0.2, 0.25) is 0 Å². The Morgan fingerprint density at radius 3 is 1.53 bits per heavy atom. The summed E-state index contributed by atoms with van der Waals surface area (Å²) in [6, 6.07) is 60.9. The van der Waals surface area contributed by atoms with Crippen molar-refractivity contribution in [3.8, 4) is 67.0 Å². The Kier molecular flexibility index (Phi) is 7.10. The molecule has 0 bridgehead atoms. The lowest BCUT2D eigenvalue weighted by Crippen LogP contribution is -2.02. The zero-order valence-corrected chi connectivity index (χ0v) is 26.5. The largest absolute Gasteiger partial charge is 0.456 e. The molecule has 230 valence electrons. The number of benzene rings is 7. The van der Waals surface area contributed by atoms with E-state index in [-0.39, 0.29) is 0 Å².